The summed E-state index contributed by atoms with van der Waals surface area (Å²) in [7, 11) is 1.98. The minimum atomic E-state index is 0.715. The van der Waals surface area contributed by atoms with Crippen LogP contribution in [0.1, 0.15) is 11.5 Å². The highest BCUT2D eigenvalue weighted by atomic mass is 32.1. The molecule has 0 aromatic carbocycles. The number of H-pyrrole nitrogens is 1. The van der Waals surface area contributed by atoms with Gasteiger partial charge < -0.3 is 14.1 Å². The zero-order valence-electron chi connectivity index (χ0n) is 8.19. The molecule has 2 aromatic heterocycles. The zero-order chi connectivity index (χ0) is 10.1. The van der Waals surface area contributed by atoms with Gasteiger partial charge >= 0.3 is 0 Å². The Balaban J connectivity index is 2.31. The van der Waals surface area contributed by atoms with E-state index in [0.29, 0.717) is 6.54 Å². The van der Waals surface area contributed by atoms with Crippen LogP contribution in [0.2, 0.25) is 0 Å². The van der Waals surface area contributed by atoms with Crippen molar-refractivity contribution < 1.29 is 0 Å². The quantitative estimate of drug-likeness (QED) is 0.762. The molecule has 0 saturated carbocycles. The van der Waals surface area contributed by atoms with E-state index < -0.39 is 0 Å². The molecule has 0 bridgehead atoms. The van der Waals surface area contributed by atoms with E-state index in [1.54, 1.807) is 6.20 Å². The summed E-state index contributed by atoms with van der Waals surface area (Å²) in [6, 6.07) is 0. The van der Waals surface area contributed by atoms with Crippen LogP contribution >= 0.6 is 12.2 Å². The van der Waals surface area contributed by atoms with Crippen molar-refractivity contribution in [2.24, 2.45) is 7.05 Å². The Morgan fingerprint density at radius 1 is 1.57 bits per heavy atom. The summed E-state index contributed by atoms with van der Waals surface area (Å²) in [5.74, 6) is 1.00. The molecule has 2 rings (SSSR count). The molecule has 0 saturated heterocycles. The maximum Gasteiger partial charge on any atom is 0.177 e. The largest absolute Gasteiger partial charge is 0.337 e. The van der Waals surface area contributed by atoms with E-state index >= 15 is 0 Å². The minimum absolute atomic E-state index is 0.715. The third-order valence-corrected chi connectivity index (χ3v) is 2.48. The van der Waals surface area contributed by atoms with Gasteiger partial charge in [-0.3, -0.25) is 0 Å². The van der Waals surface area contributed by atoms with Crippen molar-refractivity contribution in [2.75, 3.05) is 0 Å². The van der Waals surface area contributed by atoms with Crippen LogP contribution in [0.3, 0.4) is 0 Å². The van der Waals surface area contributed by atoms with Gasteiger partial charge in [0.1, 0.15) is 5.82 Å². The van der Waals surface area contributed by atoms with Gasteiger partial charge in [0.15, 0.2) is 4.77 Å². The summed E-state index contributed by atoms with van der Waals surface area (Å²) >= 11 is 5.16. The third-order valence-electron chi connectivity index (χ3n) is 2.15. The fourth-order valence-electron chi connectivity index (χ4n) is 1.38. The highest BCUT2D eigenvalue weighted by Gasteiger charge is 2.01. The fraction of sp³-hybridized carbons (Fsp3) is 0.333. The van der Waals surface area contributed by atoms with Crippen LogP contribution in [0.15, 0.2) is 18.6 Å². The van der Waals surface area contributed by atoms with Crippen molar-refractivity contribution in [2.45, 2.75) is 13.5 Å². The fourth-order valence-corrected chi connectivity index (χ4v) is 1.66. The van der Waals surface area contributed by atoms with Crippen molar-refractivity contribution in [1.82, 2.24) is 19.1 Å². The molecule has 0 aliphatic rings. The summed E-state index contributed by atoms with van der Waals surface area (Å²) in [6.07, 6.45) is 5.72. The van der Waals surface area contributed by atoms with Crippen molar-refractivity contribution in [3.8, 4) is 0 Å². The Bertz CT molecular complexity index is 491. The number of aromatic amines is 1. The second-order valence-corrected chi connectivity index (χ2v) is 3.71. The van der Waals surface area contributed by atoms with Crippen LogP contribution in [0.25, 0.3) is 0 Å². The number of imidazole rings is 2. The average Bonchev–Trinajstić information content (AvgIpc) is 2.62. The molecule has 2 heterocycles. The van der Waals surface area contributed by atoms with Crippen molar-refractivity contribution in [3.05, 3.63) is 34.9 Å². The molecular weight excluding hydrogens is 196 g/mol. The summed E-state index contributed by atoms with van der Waals surface area (Å²) in [5.41, 5.74) is 1.07. The van der Waals surface area contributed by atoms with Crippen molar-refractivity contribution in [1.29, 1.82) is 0 Å². The van der Waals surface area contributed by atoms with E-state index in [1.165, 1.54) is 0 Å². The summed E-state index contributed by atoms with van der Waals surface area (Å²) in [5, 5.41) is 0. The lowest BCUT2D eigenvalue weighted by Gasteiger charge is -2.01. The van der Waals surface area contributed by atoms with E-state index in [4.69, 9.17) is 12.2 Å². The zero-order valence-corrected chi connectivity index (χ0v) is 9.01. The Morgan fingerprint density at radius 3 is 2.86 bits per heavy atom. The summed E-state index contributed by atoms with van der Waals surface area (Å²) in [6.45, 7) is 2.71. The van der Waals surface area contributed by atoms with Crippen LogP contribution in [0, 0.1) is 11.7 Å². The molecule has 14 heavy (non-hydrogen) atoms. The smallest absolute Gasteiger partial charge is 0.177 e. The number of hydrogen-bond donors (Lipinski definition) is 1. The van der Waals surface area contributed by atoms with E-state index in [9.17, 15) is 0 Å². The van der Waals surface area contributed by atoms with Gasteiger partial charge in [-0.05, 0) is 19.1 Å². The standard InChI is InChI=1S/C9H12N4S/c1-7-5-13(9(14)11-7)6-8-10-3-4-12(8)2/h3-5H,6H2,1-2H3,(H,11,14). The number of nitrogens with one attached hydrogen (secondary N) is 1. The first-order valence-corrected chi connectivity index (χ1v) is 4.80. The first kappa shape index (κ1) is 9.21. The second kappa shape index (κ2) is 3.42. The lowest BCUT2D eigenvalue weighted by atomic mass is 10.5. The molecule has 4 nitrogen and oxygen atoms in total. The van der Waals surface area contributed by atoms with Crippen molar-refractivity contribution in [3.63, 3.8) is 0 Å². The van der Waals surface area contributed by atoms with Crippen LogP contribution in [-0.4, -0.2) is 19.1 Å². The van der Waals surface area contributed by atoms with Gasteiger partial charge in [0, 0.05) is 31.3 Å². The Labute approximate surface area is 87.2 Å². The Hall–Kier alpha value is -1.36. The number of aromatic nitrogens is 4. The summed E-state index contributed by atoms with van der Waals surface area (Å²) < 4.78 is 4.71. The molecule has 74 valence electrons. The first-order chi connectivity index (χ1) is 6.66. The highest BCUT2D eigenvalue weighted by Crippen LogP contribution is 2.02. The Kier molecular flexibility index (Phi) is 2.25. The number of nitrogens with zero attached hydrogens (tertiary/aromatic N) is 3. The first-order valence-electron chi connectivity index (χ1n) is 4.39. The maximum atomic E-state index is 5.16. The normalized spacial score (nSPS) is 10.7. The average molecular weight is 208 g/mol. The predicted molar refractivity (Wildman–Crippen MR) is 56.7 cm³/mol. The van der Waals surface area contributed by atoms with Crippen LogP contribution in [0.5, 0.6) is 0 Å². The second-order valence-electron chi connectivity index (χ2n) is 3.32. The SMILES string of the molecule is Cc1cn(Cc2nccn2C)c(=S)[nH]1. The Morgan fingerprint density at radius 2 is 2.36 bits per heavy atom. The van der Waals surface area contributed by atoms with E-state index in [0.717, 1.165) is 16.3 Å². The topological polar surface area (TPSA) is 38.5 Å². The predicted octanol–water partition coefficient (Wildman–Crippen LogP) is 1.64. The molecule has 5 heteroatoms. The molecular formula is C9H12N4S. The molecule has 0 radical (unpaired) electrons. The van der Waals surface area contributed by atoms with E-state index in [1.807, 2.05) is 35.5 Å². The van der Waals surface area contributed by atoms with Gasteiger partial charge in [-0.2, -0.15) is 0 Å². The van der Waals surface area contributed by atoms with Gasteiger partial charge in [0.25, 0.3) is 0 Å². The minimum Gasteiger partial charge on any atom is -0.337 e. The van der Waals surface area contributed by atoms with Crippen LogP contribution in [0.4, 0.5) is 0 Å². The molecule has 0 aliphatic carbocycles. The van der Waals surface area contributed by atoms with E-state index in [2.05, 4.69) is 9.97 Å². The van der Waals surface area contributed by atoms with Gasteiger partial charge in [-0.1, -0.05) is 0 Å². The third kappa shape index (κ3) is 1.63. The van der Waals surface area contributed by atoms with Gasteiger partial charge in [-0.15, -0.1) is 0 Å². The number of rotatable bonds is 2. The van der Waals surface area contributed by atoms with Gasteiger partial charge in [0.05, 0.1) is 6.54 Å². The molecule has 0 spiro atoms. The molecule has 0 fully saturated rings. The highest BCUT2D eigenvalue weighted by molar-refractivity contribution is 7.71. The molecule has 0 unspecified atom stereocenters. The number of aryl methyl sites for hydroxylation is 2. The summed E-state index contributed by atoms with van der Waals surface area (Å²) in [4.78, 5) is 7.32. The maximum absolute atomic E-state index is 5.16. The van der Waals surface area contributed by atoms with Crippen molar-refractivity contribution >= 4 is 12.2 Å². The number of hydrogen-bond acceptors (Lipinski definition) is 2. The molecule has 0 amide bonds. The van der Waals surface area contributed by atoms with Gasteiger partial charge in [0.2, 0.25) is 0 Å². The molecule has 1 N–H and O–H groups in total. The molecule has 0 aliphatic heterocycles. The van der Waals surface area contributed by atoms with E-state index in [-0.39, 0.29) is 0 Å². The van der Waals surface area contributed by atoms with Crippen LogP contribution in [-0.2, 0) is 13.6 Å². The lowest BCUT2D eigenvalue weighted by molar-refractivity contribution is 0.692. The molecule has 0 atom stereocenters. The monoisotopic (exact) mass is 208 g/mol. The lowest BCUT2D eigenvalue weighted by Crippen LogP contribution is -2.04. The molecule has 2 aromatic rings. The van der Waals surface area contributed by atoms with Gasteiger partial charge in [-0.25, -0.2) is 4.98 Å². The van der Waals surface area contributed by atoms with Crippen LogP contribution < -0.4 is 0 Å².